The minimum Gasteiger partial charge on any atom is -0.303 e. The number of carbonyl (C=O) groups excluding carboxylic acids is 1. The van der Waals surface area contributed by atoms with Crippen molar-refractivity contribution >= 4 is 6.29 Å². The molecule has 0 N–H and O–H groups in total. The van der Waals surface area contributed by atoms with Gasteiger partial charge in [-0.3, -0.25) is 0 Å². The minimum atomic E-state index is 0.605. The van der Waals surface area contributed by atoms with Crippen molar-refractivity contribution in [1.29, 1.82) is 0 Å². The van der Waals surface area contributed by atoms with Crippen LogP contribution in [0.4, 0.5) is 0 Å². The number of aldehydes is 1. The molecule has 0 saturated carbocycles. The summed E-state index contributed by atoms with van der Waals surface area (Å²) in [6, 6.07) is 0. The highest BCUT2D eigenvalue weighted by atomic mass is 16.1. The summed E-state index contributed by atoms with van der Waals surface area (Å²) in [4.78, 5) is 9.94. The molecule has 0 aromatic carbocycles. The first-order chi connectivity index (χ1) is 6.41. The van der Waals surface area contributed by atoms with Crippen molar-refractivity contribution in [2.24, 2.45) is 0 Å². The van der Waals surface area contributed by atoms with E-state index in [1.165, 1.54) is 19.3 Å². The highest BCUT2D eigenvalue weighted by Crippen LogP contribution is 1.96. The third kappa shape index (κ3) is 11.0. The summed E-state index contributed by atoms with van der Waals surface area (Å²) in [7, 11) is 0. The van der Waals surface area contributed by atoms with Crippen molar-refractivity contribution in [3.8, 4) is 11.8 Å². The van der Waals surface area contributed by atoms with E-state index in [0.29, 0.717) is 6.42 Å². The molecule has 1 heteroatoms. The monoisotopic (exact) mass is 178 g/mol. The summed E-state index contributed by atoms with van der Waals surface area (Å²) in [6.45, 7) is 2.19. The SMILES string of the molecule is CCCCCC#CC=CCCC=O. The molecule has 0 aromatic heterocycles. The molecule has 0 bridgehead atoms. The molecule has 1 nitrogen and oxygen atoms in total. The van der Waals surface area contributed by atoms with Gasteiger partial charge >= 0.3 is 0 Å². The fourth-order valence-electron chi connectivity index (χ4n) is 0.901. The van der Waals surface area contributed by atoms with Gasteiger partial charge in [0, 0.05) is 12.8 Å². The van der Waals surface area contributed by atoms with E-state index in [2.05, 4.69) is 18.8 Å². The maximum Gasteiger partial charge on any atom is 0.120 e. The molecule has 0 aliphatic heterocycles. The van der Waals surface area contributed by atoms with Gasteiger partial charge in [0.05, 0.1) is 0 Å². The summed E-state index contributed by atoms with van der Waals surface area (Å²) in [5.41, 5.74) is 0. The molecule has 0 radical (unpaired) electrons. The van der Waals surface area contributed by atoms with E-state index in [-0.39, 0.29) is 0 Å². The molecular formula is C12H18O. The zero-order chi connectivity index (χ0) is 9.78. The Bertz CT molecular complexity index is 193. The summed E-state index contributed by atoms with van der Waals surface area (Å²) in [6.07, 6.45) is 10.8. The van der Waals surface area contributed by atoms with Gasteiger partial charge in [0.25, 0.3) is 0 Å². The van der Waals surface area contributed by atoms with Crippen LogP contribution < -0.4 is 0 Å². The van der Waals surface area contributed by atoms with Crippen molar-refractivity contribution in [3.05, 3.63) is 12.2 Å². The third-order valence-electron chi connectivity index (χ3n) is 1.66. The van der Waals surface area contributed by atoms with Crippen LogP contribution in [0.15, 0.2) is 12.2 Å². The van der Waals surface area contributed by atoms with Crippen molar-refractivity contribution in [2.75, 3.05) is 0 Å². The van der Waals surface area contributed by atoms with E-state index in [9.17, 15) is 4.79 Å². The lowest BCUT2D eigenvalue weighted by Gasteiger charge is -1.87. The first-order valence-electron chi connectivity index (χ1n) is 4.98. The van der Waals surface area contributed by atoms with Crippen LogP contribution in [0.2, 0.25) is 0 Å². The first-order valence-corrected chi connectivity index (χ1v) is 4.98. The van der Waals surface area contributed by atoms with E-state index in [1.54, 1.807) is 0 Å². The van der Waals surface area contributed by atoms with Crippen molar-refractivity contribution < 1.29 is 4.79 Å². The standard InChI is InChI=1S/C12H18O/c1-2-3-4-5-6-7-8-9-10-11-12-13/h8-9,12H,2-5,10-11H2,1H3. The molecule has 0 rings (SSSR count). The topological polar surface area (TPSA) is 17.1 Å². The Morgan fingerprint density at radius 2 is 2.08 bits per heavy atom. The Morgan fingerprint density at radius 3 is 2.77 bits per heavy atom. The molecule has 0 spiro atoms. The predicted octanol–water partition coefficient (Wildman–Crippen LogP) is 3.11. The number of hydrogen-bond acceptors (Lipinski definition) is 1. The van der Waals surface area contributed by atoms with Crippen LogP contribution >= 0.6 is 0 Å². The van der Waals surface area contributed by atoms with Crippen LogP contribution in [0.1, 0.15) is 45.4 Å². The summed E-state index contributed by atoms with van der Waals surface area (Å²) < 4.78 is 0. The maximum atomic E-state index is 9.94. The number of rotatable bonds is 6. The van der Waals surface area contributed by atoms with Crippen LogP contribution in [0.25, 0.3) is 0 Å². The average Bonchev–Trinajstić information content (AvgIpc) is 2.16. The Kier molecular flexibility index (Phi) is 10.1. The second-order valence-electron chi connectivity index (χ2n) is 2.92. The molecule has 0 saturated heterocycles. The lowest BCUT2D eigenvalue weighted by molar-refractivity contribution is -0.107. The molecule has 0 unspecified atom stereocenters. The van der Waals surface area contributed by atoms with Crippen LogP contribution in [-0.2, 0) is 4.79 Å². The maximum absolute atomic E-state index is 9.94. The summed E-state index contributed by atoms with van der Waals surface area (Å²) in [5, 5.41) is 0. The Hall–Kier alpha value is -1.03. The van der Waals surface area contributed by atoms with Crippen LogP contribution in [0.3, 0.4) is 0 Å². The Morgan fingerprint density at radius 1 is 1.23 bits per heavy atom. The second-order valence-corrected chi connectivity index (χ2v) is 2.92. The van der Waals surface area contributed by atoms with Crippen molar-refractivity contribution in [1.82, 2.24) is 0 Å². The molecule has 0 amide bonds. The molecule has 0 aromatic rings. The average molecular weight is 178 g/mol. The van der Waals surface area contributed by atoms with Gasteiger partial charge in [0.1, 0.15) is 6.29 Å². The lowest BCUT2D eigenvalue weighted by atomic mass is 10.2. The van der Waals surface area contributed by atoms with Gasteiger partial charge in [-0.2, -0.15) is 0 Å². The van der Waals surface area contributed by atoms with Crippen LogP contribution in [0.5, 0.6) is 0 Å². The molecule has 0 atom stereocenters. The highest BCUT2D eigenvalue weighted by molar-refractivity contribution is 5.49. The number of carbonyl (C=O) groups is 1. The fourth-order valence-corrected chi connectivity index (χ4v) is 0.901. The Labute approximate surface area is 81.2 Å². The van der Waals surface area contributed by atoms with Crippen LogP contribution in [-0.4, -0.2) is 6.29 Å². The lowest BCUT2D eigenvalue weighted by Crippen LogP contribution is -1.71. The largest absolute Gasteiger partial charge is 0.303 e. The van der Waals surface area contributed by atoms with Gasteiger partial charge in [-0.15, -0.1) is 0 Å². The zero-order valence-corrected chi connectivity index (χ0v) is 8.38. The summed E-state index contributed by atoms with van der Waals surface area (Å²) >= 11 is 0. The van der Waals surface area contributed by atoms with Gasteiger partial charge in [-0.1, -0.05) is 37.7 Å². The molecule has 0 fully saturated rings. The fraction of sp³-hybridized carbons (Fsp3) is 0.583. The highest BCUT2D eigenvalue weighted by Gasteiger charge is 1.79. The van der Waals surface area contributed by atoms with E-state index < -0.39 is 0 Å². The van der Waals surface area contributed by atoms with Crippen molar-refractivity contribution in [2.45, 2.75) is 45.4 Å². The summed E-state index contributed by atoms with van der Waals surface area (Å²) in [5.74, 6) is 6.03. The minimum absolute atomic E-state index is 0.605. The second kappa shape index (κ2) is 11.0. The predicted molar refractivity (Wildman–Crippen MR) is 56.4 cm³/mol. The van der Waals surface area contributed by atoms with E-state index >= 15 is 0 Å². The van der Waals surface area contributed by atoms with E-state index in [0.717, 1.165) is 19.1 Å². The first kappa shape index (κ1) is 12.0. The van der Waals surface area contributed by atoms with E-state index in [1.807, 2.05) is 12.2 Å². The van der Waals surface area contributed by atoms with Gasteiger partial charge in [0.15, 0.2) is 0 Å². The number of unbranched alkanes of at least 4 members (excludes halogenated alkanes) is 4. The normalized spacial score (nSPS) is 9.62. The molecule has 0 heterocycles. The molecular weight excluding hydrogens is 160 g/mol. The molecule has 72 valence electrons. The van der Waals surface area contributed by atoms with Crippen molar-refractivity contribution in [3.63, 3.8) is 0 Å². The molecule has 13 heavy (non-hydrogen) atoms. The number of allylic oxidation sites excluding steroid dienone is 2. The van der Waals surface area contributed by atoms with Gasteiger partial charge in [-0.05, 0) is 18.9 Å². The molecule has 0 aliphatic rings. The number of hydrogen-bond donors (Lipinski definition) is 0. The van der Waals surface area contributed by atoms with Gasteiger partial charge in [0.2, 0.25) is 0 Å². The van der Waals surface area contributed by atoms with Crippen LogP contribution in [0, 0.1) is 11.8 Å². The van der Waals surface area contributed by atoms with E-state index in [4.69, 9.17) is 0 Å². The third-order valence-corrected chi connectivity index (χ3v) is 1.66. The Balaban J connectivity index is 3.27. The zero-order valence-electron chi connectivity index (χ0n) is 8.38. The molecule has 0 aliphatic carbocycles. The quantitative estimate of drug-likeness (QED) is 0.347. The smallest absolute Gasteiger partial charge is 0.120 e. The van der Waals surface area contributed by atoms with Gasteiger partial charge in [-0.25, -0.2) is 0 Å². The van der Waals surface area contributed by atoms with Gasteiger partial charge < -0.3 is 4.79 Å².